The van der Waals surface area contributed by atoms with Gasteiger partial charge in [-0.3, -0.25) is 4.90 Å². The lowest BCUT2D eigenvalue weighted by Crippen LogP contribution is -2.33. The number of hydrogen-bond donors (Lipinski definition) is 1. The standard InChI is InChI=1S/C14H20N4S/c1-3-18(4-2)13(12-8-6-5-7-9-12)10-15-14-17-16-11-19-14/h5-9,11,13H,3-4,10H2,1-2H3,(H,15,17). The minimum Gasteiger partial charge on any atom is -0.358 e. The van der Waals surface area contributed by atoms with Crippen molar-refractivity contribution in [2.24, 2.45) is 0 Å². The summed E-state index contributed by atoms with van der Waals surface area (Å²) in [4.78, 5) is 2.45. The van der Waals surface area contributed by atoms with Crippen LogP contribution in [0.3, 0.4) is 0 Å². The first kappa shape index (κ1) is 14.0. The zero-order valence-corrected chi connectivity index (χ0v) is 12.2. The maximum absolute atomic E-state index is 4.03. The fourth-order valence-corrected chi connectivity index (χ4v) is 2.69. The van der Waals surface area contributed by atoms with Crippen molar-refractivity contribution >= 4 is 16.5 Å². The summed E-state index contributed by atoms with van der Waals surface area (Å²) in [5.74, 6) is 0. The number of nitrogens with zero attached hydrogens (tertiary/aromatic N) is 3. The maximum atomic E-state index is 4.03. The van der Waals surface area contributed by atoms with Gasteiger partial charge in [0.2, 0.25) is 5.13 Å². The van der Waals surface area contributed by atoms with Crippen LogP contribution in [-0.2, 0) is 0 Å². The lowest BCUT2D eigenvalue weighted by atomic mass is 10.1. The van der Waals surface area contributed by atoms with Gasteiger partial charge in [-0.2, -0.15) is 0 Å². The number of rotatable bonds is 7. The molecule has 1 unspecified atom stereocenters. The summed E-state index contributed by atoms with van der Waals surface area (Å²) < 4.78 is 0. The van der Waals surface area contributed by atoms with Gasteiger partial charge in [0.1, 0.15) is 5.51 Å². The highest BCUT2D eigenvalue weighted by atomic mass is 32.1. The zero-order chi connectivity index (χ0) is 13.5. The van der Waals surface area contributed by atoms with Gasteiger partial charge in [-0.15, -0.1) is 10.2 Å². The Kier molecular flexibility index (Phi) is 5.30. The second kappa shape index (κ2) is 7.21. The third-order valence-electron chi connectivity index (χ3n) is 3.24. The molecule has 19 heavy (non-hydrogen) atoms. The van der Waals surface area contributed by atoms with Gasteiger partial charge in [-0.25, -0.2) is 0 Å². The van der Waals surface area contributed by atoms with E-state index in [-0.39, 0.29) is 0 Å². The van der Waals surface area contributed by atoms with E-state index in [2.05, 4.69) is 64.6 Å². The predicted octanol–water partition coefficient (Wildman–Crippen LogP) is 3.03. The van der Waals surface area contributed by atoms with Crippen molar-refractivity contribution in [2.45, 2.75) is 19.9 Å². The predicted molar refractivity (Wildman–Crippen MR) is 80.5 cm³/mol. The fourth-order valence-electron chi connectivity index (χ4n) is 2.23. The van der Waals surface area contributed by atoms with Gasteiger partial charge in [0.15, 0.2) is 0 Å². The Labute approximate surface area is 118 Å². The molecule has 1 atom stereocenters. The highest BCUT2D eigenvalue weighted by Gasteiger charge is 2.17. The van der Waals surface area contributed by atoms with Crippen LogP contribution in [0, 0.1) is 0 Å². The van der Waals surface area contributed by atoms with Crippen molar-refractivity contribution in [3.8, 4) is 0 Å². The number of nitrogens with one attached hydrogen (secondary N) is 1. The first-order valence-corrected chi connectivity index (χ1v) is 7.52. The maximum Gasteiger partial charge on any atom is 0.205 e. The molecule has 1 aromatic carbocycles. The molecule has 0 saturated carbocycles. The first-order chi connectivity index (χ1) is 9.35. The Morgan fingerprint density at radius 2 is 1.95 bits per heavy atom. The molecular weight excluding hydrogens is 256 g/mol. The Morgan fingerprint density at radius 1 is 1.21 bits per heavy atom. The molecule has 4 nitrogen and oxygen atoms in total. The molecule has 0 spiro atoms. The molecule has 0 fully saturated rings. The van der Waals surface area contributed by atoms with Gasteiger partial charge in [0.05, 0.1) is 6.04 Å². The van der Waals surface area contributed by atoms with E-state index in [1.165, 1.54) is 16.9 Å². The summed E-state index contributed by atoms with van der Waals surface area (Å²) in [5, 5.41) is 12.1. The molecule has 0 bridgehead atoms. The third kappa shape index (κ3) is 3.75. The normalized spacial score (nSPS) is 12.6. The first-order valence-electron chi connectivity index (χ1n) is 6.64. The van der Waals surface area contributed by atoms with Gasteiger partial charge < -0.3 is 5.32 Å². The summed E-state index contributed by atoms with van der Waals surface area (Å²) >= 11 is 1.54. The largest absolute Gasteiger partial charge is 0.358 e. The highest BCUT2D eigenvalue weighted by Crippen LogP contribution is 2.21. The molecule has 0 saturated heterocycles. The zero-order valence-electron chi connectivity index (χ0n) is 11.4. The molecule has 2 rings (SSSR count). The number of hydrogen-bond acceptors (Lipinski definition) is 5. The van der Waals surface area contributed by atoms with Crippen LogP contribution in [0.2, 0.25) is 0 Å². The smallest absolute Gasteiger partial charge is 0.205 e. The topological polar surface area (TPSA) is 41.0 Å². The fraction of sp³-hybridized carbons (Fsp3) is 0.429. The van der Waals surface area contributed by atoms with Gasteiger partial charge in [0, 0.05) is 6.54 Å². The van der Waals surface area contributed by atoms with Crippen LogP contribution >= 0.6 is 11.3 Å². The van der Waals surface area contributed by atoms with Crippen LogP contribution < -0.4 is 5.32 Å². The van der Waals surface area contributed by atoms with Crippen molar-refractivity contribution in [1.82, 2.24) is 15.1 Å². The van der Waals surface area contributed by atoms with Crippen LogP contribution in [0.25, 0.3) is 0 Å². The van der Waals surface area contributed by atoms with E-state index in [9.17, 15) is 0 Å². The Balaban J connectivity index is 2.10. The van der Waals surface area contributed by atoms with Gasteiger partial charge in [-0.1, -0.05) is 55.5 Å². The summed E-state index contributed by atoms with van der Waals surface area (Å²) in [6.45, 7) is 7.32. The molecule has 1 N–H and O–H groups in total. The van der Waals surface area contributed by atoms with E-state index >= 15 is 0 Å². The van der Waals surface area contributed by atoms with Crippen LogP contribution in [0.5, 0.6) is 0 Å². The van der Waals surface area contributed by atoms with E-state index in [1.807, 2.05) is 0 Å². The van der Waals surface area contributed by atoms with Crippen molar-refractivity contribution in [1.29, 1.82) is 0 Å². The molecule has 0 radical (unpaired) electrons. The third-order valence-corrected chi connectivity index (χ3v) is 3.89. The number of likely N-dealkylation sites (N-methyl/N-ethyl adjacent to an activating group) is 1. The van der Waals surface area contributed by atoms with E-state index in [0.717, 1.165) is 24.8 Å². The Morgan fingerprint density at radius 3 is 2.53 bits per heavy atom. The summed E-state index contributed by atoms with van der Waals surface area (Å²) in [6.07, 6.45) is 0. The SMILES string of the molecule is CCN(CC)C(CNc1nncs1)c1ccccc1. The van der Waals surface area contributed by atoms with Crippen molar-refractivity contribution in [2.75, 3.05) is 25.0 Å². The average molecular weight is 276 g/mol. The molecule has 1 aromatic heterocycles. The minimum atomic E-state index is 0.361. The molecule has 2 aromatic rings. The van der Waals surface area contributed by atoms with Gasteiger partial charge in [0.25, 0.3) is 0 Å². The Bertz CT molecular complexity index is 454. The summed E-state index contributed by atoms with van der Waals surface area (Å²) in [6, 6.07) is 11.0. The molecule has 5 heteroatoms. The summed E-state index contributed by atoms with van der Waals surface area (Å²) in [7, 11) is 0. The number of benzene rings is 1. The van der Waals surface area contributed by atoms with E-state index in [0.29, 0.717) is 6.04 Å². The quantitative estimate of drug-likeness (QED) is 0.844. The second-order valence-corrected chi connectivity index (χ2v) is 5.11. The van der Waals surface area contributed by atoms with E-state index in [4.69, 9.17) is 0 Å². The van der Waals surface area contributed by atoms with Gasteiger partial charge in [-0.05, 0) is 18.7 Å². The summed E-state index contributed by atoms with van der Waals surface area (Å²) in [5.41, 5.74) is 3.08. The second-order valence-electron chi connectivity index (χ2n) is 4.27. The van der Waals surface area contributed by atoms with E-state index < -0.39 is 0 Å². The van der Waals surface area contributed by atoms with Crippen molar-refractivity contribution in [3.05, 3.63) is 41.4 Å². The lowest BCUT2D eigenvalue weighted by Gasteiger charge is -2.30. The van der Waals surface area contributed by atoms with Crippen molar-refractivity contribution in [3.63, 3.8) is 0 Å². The lowest BCUT2D eigenvalue weighted by molar-refractivity contribution is 0.228. The average Bonchev–Trinajstić information content (AvgIpc) is 2.97. The van der Waals surface area contributed by atoms with Crippen LogP contribution in [0.15, 0.2) is 35.8 Å². The monoisotopic (exact) mass is 276 g/mol. The molecular formula is C14H20N4S. The van der Waals surface area contributed by atoms with Crippen LogP contribution in [0.4, 0.5) is 5.13 Å². The van der Waals surface area contributed by atoms with E-state index in [1.54, 1.807) is 5.51 Å². The molecule has 1 heterocycles. The molecule has 0 aliphatic rings. The Hall–Kier alpha value is -1.46. The van der Waals surface area contributed by atoms with Crippen LogP contribution in [-0.4, -0.2) is 34.7 Å². The molecule has 102 valence electrons. The highest BCUT2D eigenvalue weighted by molar-refractivity contribution is 7.13. The van der Waals surface area contributed by atoms with Crippen LogP contribution in [0.1, 0.15) is 25.5 Å². The van der Waals surface area contributed by atoms with Gasteiger partial charge >= 0.3 is 0 Å². The molecule has 0 aliphatic carbocycles. The number of aromatic nitrogens is 2. The molecule has 0 amide bonds. The number of anilines is 1. The van der Waals surface area contributed by atoms with Crippen molar-refractivity contribution < 1.29 is 0 Å². The molecule has 0 aliphatic heterocycles. The minimum absolute atomic E-state index is 0.361.